The quantitative estimate of drug-likeness (QED) is 0.877. The van der Waals surface area contributed by atoms with E-state index in [0.29, 0.717) is 12.5 Å². The zero-order chi connectivity index (χ0) is 14.5. The van der Waals surface area contributed by atoms with Crippen molar-refractivity contribution in [2.24, 2.45) is 5.92 Å². The SMILES string of the molecule is OC(COCC1CCCCC1)c1cccc2ccccc12. The fourth-order valence-electron chi connectivity index (χ4n) is 3.33. The van der Waals surface area contributed by atoms with E-state index in [0.717, 1.165) is 17.6 Å². The van der Waals surface area contributed by atoms with Gasteiger partial charge in [-0.15, -0.1) is 0 Å². The predicted molar refractivity (Wildman–Crippen MR) is 86.3 cm³/mol. The summed E-state index contributed by atoms with van der Waals surface area (Å²) in [6, 6.07) is 14.3. The van der Waals surface area contributed by atoms with Crippen molar-refractivity contribution < 1.29 is 9.84 Å². The molecule has 112 valence electrons. The molecule has 1 unspecified atom stereocenters. The lowest BCUT2D eigenvalue weighted by Crippen LogP contribution is -2.16. The van der Waals surface area contributed by atoms with E-state index in [4.69, 9.17) is 4.74 Å². The number of aliphatic hydroxyl groups is 1. The maximum atomic E-state index is 10.4. The summed E-state index contributed by atoms with van der Waals surface area (Å²) in [6.45, 7) is 1.19. The number of hydrogen-bond acceptors (Lipinski definition) is 2. The number of fused-ring (bicyclic) bond motifs is 1. The second kappa shape index (κ2) is 7.06. The van der Waals surface area contributed by atoms with Crippen molar-refractivity contribution >= 4 is 10.8 Å². The van der Waals surface area contributed by atoms with E-state index >= 15 is 0 Å². The molecule has 0 saturated heterocycles. The average Bonchev–Trinajstić information content (AvgIpc) is 2.55. The van der Waals surface area contributed by atoms with Gasteiger partial charge in [-0.1, -0.05) is 61.7 Å². The van der Waals surface area contributed by atoms with Gasteiger partial charge in [-0.3, -0.25) is 0 Å². The molecule has 2 aromatic rings. The first-order valence-corrected chi connectivity index (χ1v) is 8.08. The van der Waals surface area contributed by atoms with Crippen molar-refractivity contribution in [3.63, 3.8) is 0 Å². The Kier molecular flexibility index (Phi) is 4.89. The van der Waals surface area contributed by atoms with Gasteiger partial charge >= 0.3 is 0 Å². The molecule has 2 aromatic carbocycles. The Balaban J connectivity index is 1.60. The molecule has 0 heterocycles. The summed E-state index contributed by atoms with van der Waals surface area (Å²) in [7, 11) is 0. The molecule has 2 nitrogen and oxygen atoms in total. The number of aliphatic hydroxyl groups excluding tert-OH is 1. The van der Waals surface area contributed by atoms with Gasteiger partial charge in [0.15, 0.2) is 0 Å². The molecule has 1 aliphatic rings. The molecule has 1 N–H and O–H groups in total. The van der Waals surface area contributed by atoms with Gasteiger partial charge in [0.05, 0.1) is 6.61 Å². The van der Waals surface area contributed by atoms with E-state index in [1.54, 1.807) is 0 Å². The summed E-state index contributed by atoms with van der Waals surface area (Å²) in [6.07, 6.45) is 6.06. The van der Waals surface area contributed by atoms with E-state index in [-0.39, 0.29) is 0 Å². The Morgan fingerprint density at radius 1 is 1.00 bits per heavy atom. The van der Waals surface area contributed by atoms with Crippen LogP contribution in [0.3, 0.4) is 0 Å². The number of hydrogen-bond donors (Lipinski definition) is 1. The lowest BCUT2D eigenvalue weighted by atomic mass is 9.90. The molecule has 1 atom stereocenters. The van der Waals surface area contributed by atoms with Crippen LogP contribution in [0.15, 0.2) is 42.5 Å². The predicted octanol–water partition coefficient (Wildman–Crippen LogP) is 4.47. The Labute approximate surface area is 126 Å². The Hall–Kier alpha value is -1.38. The number of benzene rings is 2. The van der Waals surface area contributed by atoms with Crippen LogP contribution < -0.4 is 0 Å². The minimum absolute atomic E-state index is 0.393. The van der Waals surface area contributed by atoms with Gasteiger partial charge in [-0.2, -0.15) is 0 Å². The van der Waals surface area contributed by atoms with E-state index in [1.165, 1.54) is 37.5 Å². The van der Waals surface area contributed by atoms with Crippen LogP contribution in [0.1, 0.15) is 43.8 Å². The third-order valence-electron chi connectivity index (χ3n) is 4.54. The topological polar surface area (TPSA) is 29.5 Å². The van der Waals surface area contributed by atoms with Crippen molar-refractivity contribution in [3.8, 4) is 0 Å². The van der Waals surface area contributed by atoms with Crippen molar-refractivity contribution in [3.05, 3.63) is 48.0 Å². The Morgan fingerprint density at radius 2 is 1.76 bits per heavy atom. The summed E-state index contributed by atoms with van der Waals surface area (Å²) in [5.74, 6) is 0.693. The highest BCUT2D eigenvalue weighted by molar-refractivity contribution is 5.85. The molecular weight excluding hydrogens is 260 g/mol. The second-order valence-corrected chi connectivity index (χ2v) is 6.13. The highest BCUT2D eigenvalue weighted by Gasteiger charge is 2.15. The fraction of sp³-hybridized carbons (Fsp3) is 0.474. The fourth-order valence-corrected chi connectivity index (χ4v) is 3.33. The van der Waals surface area contributed by atoms with Crippen LogP contribution >= 0.6 is 0 Å². The number of ether oxygens (including phenoxy) is 1. The smallest absolute Gasteiger partial charge is 0.103 e. The number of rotatable bonds is 5. The highest BCUT2D eigenvalue weighted by atomic mass is 16.5. The normalized spacial score (nSPS) is 18.0. The van der Waals surface area contributed by atoms with Gasteiger partial charge in [-0.25, -0.2) is 0 Å². The third-order valence-corrected chi connectivity index (χ3v) is 4.54. The molecule has 0 aliphatic heterocycles. The highest BCUT2D eigenvalue weighted by Crippen LogP contribution is 2.26. The van der Waals surface area contributed by atoms with E-state index < -0.39 is 6.10 Å². The first-order valence-electron chi connectivity index (χ1n) is 8.08. The van der Waals surface area contributed by atoms with Crippen molar-refractivity contribution in [2.75, 3.05) is 13.2 Å². The molecule has 0 radical (unpaired) electrons. The van der Waals surface area contributed by atoms with Crippen LogP contribution in [0.2, 0.25) is 0 Å². The summed E-state index contributed by atoms with van der Waals surface area (Å²) < 4.78 is 5.79. The lowest BCUT2D eigenvalue weighted by molar-refractivity contribution is 0.0152. The first-order chi connectivity index (χ1) is 10.3. The second-order valence-electron chi connectivity index (χ2n) is 6.13. The summed E-state index contributed by atoms with van der Waals surface area (Å²) >= 11 is 0. The van der Waals surface area contributed by atoms with Gasteiger partial charge in [0.1, 0.15) is 6.10 Å². The van der Waals surface area contributed by atoms with Crippen molar-refractivity contribution in [2.45, 2.75) is 38.2 Å². The van der Waals surface area contributed by atoms with Gasteiger partial charge in [0.2, 0.25) is 0 Å². The van der Waals surface area contributed by atoms with Crippen LogP contribution in [0, 0.1) is 5.92 Å². The summed E-state index contributed by atoms with van der Waals surface area (Å²) in [4.78, 5) is 0. The van der Waals surface area contributed by atoms with Crippen LogP contribution in [-0.2, 0) is 4.74 Å². The van der Waals surface area contributed by atoms with Crippen molar-refractivity contribution in [1.82, 2.24) is 0 Å². The minimum Gasteiger partial charge on any atom is -0.386 e. The first kappa shape index (κ1) is 14.6. The molecule has 0 aromatic heterocycles. The maximum absolute atomic E-state index is 10.4. The standard InChI is InChI=1S/C19H24O2/c20-19(14-21-13-15-7-2-1-3-8-15)18-12-6-10-16-9-4-5-11-17(16)18/h4-6,9-12,15,19-20H,1-3,7-8,13-14H2. The molecule has 21 heavy (non-hydrogen) atoms. The third kappa shape index (κ3) is 3.63. The molecule has 0 amide bonds. The average molecular weight is 284 g/mol. The molecule has 1 saturated carbocycles. The molecule has 1 fully saturated rings. The Morgan fingerprint density at radius 3 is 2.62 bits per heavy atom. The molecular formula is C19H24O2. The van der Waals surface area contributed by atoms with Crippen LogP contribution in [0.4, 0.5) is 0 Å². The zero-order valence-electron chi connectivity index (χ0n) is 12.5. The van der Waals surface area contributed by atoms with Gasteiger partial charge in [-0.05, 0) is 35.1 Å². The Bertz CT molecular complexity index is 567. The molecule has 2 heteroatoms. The van der Waals surface area contributed by atoms with E-state index in [9.17, 15) is 5.11 Å². The molecule has 1 aliphatic carbocycles. The molecule has 0 spiro atoms. The van der Waals surface area contributed by atoms with E-state index in [1.807, 2.05) is 24.3 Å². The molecule has 3 rings (SSSR count). The zero-order valence-corrected chi connectivity index (χ0v) is 12.5. The van der Waals surface area contributed by atoms with Crippen LogP contribution in [0.25, 0.3) is 10.8 Å². The maximum Gasteiger partial charge on any atom is 0.103 e. The van der Waals surface area contributed by atoms with E-state index in [2.05, 4.69) is 18.2 Å². The monoisotopic (exact) mass is 284 g/mol. The summed E-state index contributed by atoms with van der Waals surface area (Å²) in [5, 5.41) is 12.7. The van der Waals surface area contributed by atoms with Gasteiger partial charge in [0, 0.05) is 6.61 Å². The molecule has 0 bridgehead atoms. The van der Waals surface area contributed by atoms with Gasteiger partial charge in [0.25, 0.3) is 0 Å². The van der Waals surface area contributed by atoms with Crippen molar-refractivity contribution in [1.29, 1.82) is 0 Å². The lowest BCUT2D eigenvalue weighted by Gasteiger charge is -2.22. The largest absolute Gasteiger partial charge is 0.386 e. The summed E-state index contributed by atoms with van der Waals surface area (Å²) in [5.41, 5.74) is 0.969. The van der Waals surface area contributed by atoms with Gasteiger partial charge < -0.3 is 9.84 Å². The van der Waals surface area contributed by atoms with Crippen LogP contribution in [0.5, 0.6) is 0 Å². The van der Waals surface area contributed by atoms with Crippen LogP contribution in [-0.4, -0.2) is 18.3 Å². The minimum atomic E-state index is -0.542.